The summed E-state index contributed by atoms with van der Waals surface area (Å²) in [7, 11) is 0. The minimum Gasteiger partial charge on any atom is -0.381 e. The molecule has 20 heavy (non-hydrogen) atoms. The van der Waals surface area contributed by atoms with Crippen LogP contribution in [0.25, 0.3) is 0 Å². The van der Waals surface area contributed by atoms with Crippen LogP contribution in [0.4, 0.5) is 0 Å². The van der Waals surface area contributed by atoms with E-state index in [0.29, 0.717) is 6.54 Å². The van der Waals surface area contributed by atoms with Crippen molar-refractivity contribution in [2.45, 2.75) is 44.4 Å². The fourth-order valence-electron chi connectivity index (χ4n) is 2.81. The lowest BCUT2D eigenvalue weighted by Gasteiger charge is -2.36. The monoisotopic (exact) mass is 273 g/mol. The predicted octanol–water partition coefficient (Wildman–Crippen LogP) is 3.37. The molecule has 0 bridgehead atoms. The Morgan fingerprint density at radius 2 is 1.80 bits per heavy atom. The molecule has 0 spiro atoms. The van der Waals surface area contributed by atoms with E-state index in [4.69, 9.17) is 4.74 Å². The maximum absolute atomic E-state index is 10.5. The zero-order valence-corrected chi connectivity index (χ0v) is 12.6. The molecule has 0 N–H and O–H groups in total. The molecule has 0 aromatic heterocycles. The summed E-state index contributed by atoms with van der Waals surface area (Å²) in [5, 5.41) is 0. The molecule has 3 nitrogen and oxygen atoms in total. The summed E-state index contributed by atoms with van der Waals surface area (Å²) in [6.45, 7) is 8.61. The number of benzene rings is 1. The molecule has 2 rings (SSSR count). The van der Waals surface area contributed by atoms with Crippen LogP contribution in [-0.4, -0.2) is 25.8 Å². The Morgan fingerprint density at radius 3 is 2.30 bits per heavy atom. The van der Waals surface area contributed by atoms with E-state index in [1.54, 1.807) is 6.08 Å². The lowest BCUT2D eigenvalue weighted by molar-refractivity contribution is 0.0531. The molecule has 1 fully saturated rings. The van der Waals surface area contributed by atoms with Crippen LogP contribution < -0.4 is 0 Å². The number of aliphatic imine (C=N–C) groups is 1. The standard InChI is InChI=1S/C17H23NO2/c1-16(2,3)14-4-6-15(7-5-14)17(12-18-13-19)8-10-20-11-9-17/h4-7H,8-12H2,1-3H3. The highest BCUT2D eigenvalue weighted by atomic mass is 16.5. The van der Waals surface area contributed by atoms with Crippen molar-refractivity contribution in [1.29, 1.82) is 0 Å². The third kappa shape index (κ3) is 3.17. The van der Waals surface area contributed by atoms with Crippen molar-refractivity contribution in [1.82, 2.24) is 0 Å². The first-order valence-corrected chi connectivity index (χ1v) is 7.20. The first kappa shape index (κ1) is 15.0. The van der Waals surface area contributed by atoms with Gasteiger partial charge in [-0.1, -0.05) is 45.0 Å². The van der Waals surface area contributed by atoms with Crippen molar-refractivity contribution in [3.05, 3.63) is 35.4 Å². The summed E-state index contributed by atoms with van der Waals surface area (Å²) in [6, 6.07) is 8.76. The summed E-state index contributed by atoms with van der Waals surface area (Å²) in [5.41, 5.74) is 2.67. The minimum absolute atomic E-state index is 0.0634. The molecule has 1 heterocycles. The molecule has 0 atom stereocenters. The molecule has 1 saturated heterocycles. The van der Waals surface area contributed by atoms with Crippen LogP contribution in [0.3, 0.4) is 0 Å². The van der Waals surface area contributed by atoms with Crippen LogP contribution in [-0.2, 0) is 20.4 Å². The van der Waals surface area contributed by atoms with Crippen LogP contribution in [0.5, 0.6) is 0 Å². The van der Waals surface area contributed by atoms with Crippen molar-refractivity contribution in [3.8, 4) is 0 Å². The van der Waals surface area contributed by atoms with Gasteiger partial charge in [0, 0.05) is 18.6 Å². The number of rotatable bonds is 3. The van der Waals surface area contributed by atoms with Crippen molar-refractivity contribution in [3.63, 3.8) is 0 Å². The molecule has 3 heteroatoms. The molecule has 0 unspecified atom stereocenters. The second kappa shape index (κ2) is 5.90. The number of hydrogen-bond donors (Lipinski definition) is 0. The molecule has 0 radical (unpaired) electrons. The molecule has 108 valence electrons. The molecular formula is C17H23NO2. The lowest BCUT2D eigenvalue weighted by Crippen LogP contribution is -2.36. The number of nitrogens with zero attached hydrogens (tertiary/aromatic N) is 1. The topological polar surface area (TPSA) is 38.7 Å². The highest BCUT2D eigenvalue weighted by molar-refractivity contribution is 5.36. The highest BCUT2D eigenvalue weighted by Gasteiger charge is 2.34. The van der Waals surface area contributed by atoms with E-state index in [9.17, 15) is 4.79 Å². The largest absolute Gasteiger partial charge is 0.381 e. The van der Waals surface area contributed by atoms with Crippen molar-refractivity contribution < 1.29 is 9.53 Å². The summed E-state index contributed by atoms with van der Waals surface area (Å²) in [6.07, 6.45) is 3.50. The van der Waals surface area contributed by atoms with E-state index >= 15 is 0 Å². The summed E-state index contributed by atoms with van der Waals surface area (Å²) in [5.74, 6) is 0. The normalized spacial score (nSPS) is 18.4. The SMILES string of the molecule is CC(C)(C)c1ccc(C2(CN=C=O)CCOCC2)cc1. The maximum Gasteiger partial charge on any atom is 0.234 e. The predicted molar refractivity (Wildman–Crippen MR) is 79.9 cm³/mol. The fraction of sp³-hybridized carbons (Fsp3) is 0.588. The average molecular weight is 273 g/mol. The summed E-state index contributed by atoms with van der Waals surface area (Å²) >= 11 is 0. The lowest BCUT2D eigenvalue weighted by atomic mass is 9.73. The van der Waals surface area contributed by atoms with E-state index in [-0.39, 0.29) is 10.8 Å². The summed E-state index contributed by atoms with van der Waals surface area (Å²) in [4.78, 5) is 14.3. The van der Waals surface area contributed by atoms with Crippen molar-refractivity contribution >= 4 is 6.08 Å². The molecule has 0 saturated carbocycles. The zero-order valence-electron chi connectivity index (χ0n) is 12.6. The number of hydrogen-bond acceptors (Lipinski definition) is 3. The second-order valence-corrected chi connectivity index (χ2v) is 6.63. The summed E-state index contributed by atoms with van der Waals surface area (Å²) < 4.78 is 5.46. The van der Waals surface area contributed by atoms with Crippen LogP contribution in [0, 0.1) is 0 Å². The molecular weight excluding hydrogens is 250 g/mol. The number of ether oxygens (including phenoxy) is 1. The van der Waals surface area contributed by atoms with Gasteiger partial charge < -0.3 is 4.74 Å². The third-order valence-corrected chi connectivity index (χ3v) is 4.26. The van der Waals surface area contributed by atoms with Crippen LogP contribution in [0.2, 0.25) is 0 Å². The van der Waals surface area contributed by atoms with E-state index in [1.807, 2.05) is 0 Å². The van der Waals surface area contributed by atoms with E-state index in [2.05, 4.69) is 50.0 Å². The zero-order chi connectivity index (χ0) is 14.6. The van der Waals surface area contributed by atoms with Gasteiger partial charge in [0.15, 0.2) is 0 Å². The Bertz CT molecular complexity index is 487. The van der Waals surface area contributed by atoms with Gasteiger partial charge in [-0.15, -0.1) is 0 Å². The van der Waals surface area contributed by atoms with Crippen LogP contribution >= 0.6 is 0 Å². The van der Waals surface area contributed by atoms with Gasteiger partial charge in [-0.3, -0.25) is 0 Å². The Kier molecular flexibility index (Phi) is 4.42. The first-order valence-electron chi connectivity index (χ1n) is 7.20. The Balaban J connectivity index is 2.31. The van der Waals surface area contributed by atoms with E-state index in [0.717, 1.165) is 26.1 Å². The van der Waals surface area contributed by atoms with E-state index in [1.165, 1.54) is 11.1 Å². The van der Waals surface area contributed by atoms with Gasteiger partial charge in [0.05, 0.1) is 6.54 Å². The average Bonchev–Trinajstić information content (AvgIpc) is 2.45. The van der Waals surface area contributed by atoms with Crippen LogP contribution in [0.15, 0.2) is 29.3 Å². The Labute approximate surface area is 121 Å². The van der Waals surface area contributed by atoms with Gasteiger partial charge in [0.25, 0.3) is 0 Å². The maximum atomic E-state index is 10.5. The van der Waals surface area contributed by atoms with Gasteiger partial charge in [-0.25, -0.2) is 9.79 Å². The van der Waals surface area contributed by atoms with Gasteiger partial charge >= 0.3 is 0 Å². The van der Waals surface area contributed by atoms with Gasteiger partial charge in [-0.2, -0.15) is 0 Å². The quantitative estimate of drug-likeness (QED) is 0.625. The van der Waals surface area contributed by atoms with Gasteiger partial charge in [0.2, 0.25) is 6.08 Å². The fourth-order valence-corrected chi connectivity index (χ4v) is 2.81. The highest BCUT2D eigenvalue weighted by Crippen LogP contribution is 2.36. The third-order valence-electron chi connectivity index (χ3n) is 4.26. The molecule has 0 aliphatic carbocycles. The molecule has 1 aliphatic rings. The molecule has 1 aromatic carbocycles. The first-order chi connectivity index (χ1) is 9.48. The molecule has 0 amide bonds. The van der Waals surface area contributed by atoms with Crippen molar-refractivity contribution in [2.24, 2.45) is 4.99 Å². The van der Waals surface area contributed by atoms with Crippen LogP contribution in [0.1, 0.15) is 44.7 Å². The Morgan fingerprint density at radius 1 is 1.20 bits per heavy atom. The number of carbonyl (C=O) groups excluding carboxylic acids is 1. The smallest absolute Gasteiger partial charge is 0.234 e. The number of isocyanates is 1. The van der Waals surface area contributed by atoms with Crippen molar-refractivity contribution in [2.75, 3.05) is 19.8 Å². The van der Waals surface area contributed by atoms with Gasteiger partial charge in [-0.05, 0) is 29.4 Å². The minimum atomic E-state index is -0.0634. The van der Waals surface area contributed by atoms with E-state index < -0.39 is 0 Å². The second-order valence-electron chi connectivity index (χ2n) is 6.63. The molecule has 1 aliphatic heterocycles. The molecule has 1 aromatic rings. The Hall–Kier alpha value is -1.44. The van der Waals surface area contributed by atoms with Gasteiger partial charge in [0.1, 0.15) is 0 Å².